The highest BCUT2D eigenvalue weighted by Gasteiger charge is 2.24. The maximum atomic E-state index is 9.45. The minimum Gasteiger partial charge on any atom is -0.396 e. The predicted molar refractivity (Wildman–Crippen MR) is 80.1 cm³/mol. The van der Waals surface area contributed by atoms with Crippen LogP contribution in [0.4, 0.5) is 0 Å². The molecular formula is C17H27NO. The van der Waals surface area contributed by atoms with Crippen LogP contribution in [0.2, 0.25) is 0 Å². The summed E-state index contributed by atoms with van der Waals surface area (Å²) in [6, 6.07) is 9.14. The first kappa shape index (κ1) is 14.5. The largest absolute Gasteiger partial charge is 0.396 e. The van der Waals surface area contributed by atoms with Gasteiger partial charge in [0.2, 0.25) is 0 Å². The average molecular weight is 261 g/mol. The molecule has 0 aliphatic heterocycles. The van der Waals surface area contributed by atoms with Gasteiger partial charge in [0, 0.05) is 12.6 Å². The summed E-state index contributed by atoms with van der Waals surface area (Å²) in [7, 11) is 0. The fourth-order valence-electron chi connectivity index (χ4n) is 3.09. The van der Waals surface area contributed by atoms with Gasteiger partial charge in [-0.1, -0.05) is 42.7 Å². The Kier molecular flexibility index (Phi) is 5.41. The molecule has 1 aliphatic rings. The number of benzene rings is 1. The van der Waals surface area contributed by atoms with Crippen molar-refractivity contribution in [2.75, 3.05) is 13.2 Å². The zero-order chi connectivity index (χ0) is 13.7. The van der Waals surface area contributed by atoms with Gasteiger partial charge in [-0.15, -0.1) is 0 Å². The Balaban J connectivity index is 1.85. The van der Waals surface area contributed by atoms with E-state index in [9.17, 15) is 5.11 Å². The molecule has 0 spiro atoms. The summed E-state index contributed by atoms with van der Waals surface area (Å²) in [5.41, 5.74) is 2.66. The van der Waals surface area contributed by atoms with Gasteiger partial charge in [-0.3, -0.25) is 0 Å². The van der Waals surface area contributed by atoms with Gasteiger partial charge >= 0.3 is 0 Å². The molecule has 0 radical (unpaired) electrons. The van der Waals surface area contributed by atoms with Crippen LogP contribution in [0.25, 0.3) is 0 Å². The van der Waals surface area contributed by atoms with Gasteiger partial charge in [0.25, 0.3) is 0 Å². The average Bonchev–Trinajstić information content (AvgIpc) is 2.45. The van der Waals surface area contributed by atoms with Gasteiger partial charge in [-0.25, -0.2) is 0 Å². The number of aliphatic hydroxyl groups excluding tert-OH is 1. The molecule has 3 atom stereocenters. The second-order valence-electron chi connectivity index (χ2n) is 6.03. The Bertz CT molecular complexity index is 373. The zero-order valence-electron chi connectivity index (χ0n) is 12.2. The van der Waals surface area contributed by atoms with Crippen molar-refractivity contribution in [3.8, 4) is 0 Å². The summed E-state index contributed by atoms with van der Waals surface area (Å²) in [5.74, 6) is 1.15. The molecule has 1 aromatic rings. The van der Waals surface area contributed by atoms with E-state index in [1.165, 1.54) is 36.8 Å². The Morgan fingerprint density at radius 1 is 1.16 bits per heavy atom. The molecule has 3 unspecified atom stereocenters. The third kappa shape index (κ3) is 4.05. The van der Waals surface area contributed by atoms with Crippen molar-refractivity contribution in [2.24, 2.45) is 11.8 Å². The third-order valence-corrected chi connectivity index (χ3v) is 4.56. The van der Waals surface area contributed by atoms with Gasteiger partial charge < -0.3 is 10.4 Å². The SMILES string of the molecule is Cc1ccc(C(C)NCC2CCCCC2CO)cc1. The van der Waals surface area contributed by atoms with Crippen LogP contribution < -0.4 is 5.32 Å². The van der Waals surface area contributed by atoms with Crippen LogP contribution in [0.5, 0.6) is 0 Å². The summed E-state index contributed by atoms with van der Waals surface area (Å²) < 4.78 is 0. The van der Waals surface area contributed by atoms with E-state index in [0.717, 1.165) is 6.54 Å². The van der Waals surface area contributed by atoms with Crippen LogP contribution in [-0.2, 0) is 0 Å². The second-order valence-corrected chi connectivity index (χ2v) is 6.03. The molecule has 0 aromatic heterocycles. The van der Waals surface area contributed by atoms with Crippen molar-refractivity contribution >= 4 is 0 Å². The maximum absolute atomic E-state index is 9.45. The molecule has 0 saturated heterocycles. The van der Waals surface area contributed by atoms with E-state index in [4.69, 9.17) is 0 Å². The summed E-state index contributed by atoms with van der Waals surface area (Å²) in [6.45, 7) is 5.72. The molecule has 1 saturated carbocycles. The molecule has 2 rings (SSSR count). The highest BCUT2D eigenvalue weighted by Crippen LogP contribution is 2.29. The number of hydrogen-bond donors (Lipinski definition) is 2. The quantitative estimate of drug-likeness (QED) is 0.851. The lowest BCUT2D eigenvalue weighted by molar-refractivity contribution is 0.131. The molecule has 1 aliphatic carbocycles. The van der Waals surface area contributed by atoms with E-state index in [-0.39, 0.29) is 0 Å². The number of rotatable bonds is 5. The minimum absolute atomic E-state index is 0.352. The zero-order valence-corrected chi connectivity index (χ0v) is 12.2. The summed E-state index contributed by atoms with van der Waals surface area (Å²) in [5, 5.41) is 13.1. The lowest BCUT2D eigenvalue weighted by Crippen LogP contribution is -2.33. The molecule has 106 valence electrons. The summed E-state index contributed by atoms with van der Waals surface area (Å²) in [6.07, 6.45) is 5.07. The van der Waals surface area contributed by atoms with Crippen molar-refractivity contribution in [2.45, 2.75) is 45.6 Å². The fraction of sp³-hybridized carbons (Fsp3) is 0.647. The molecular weight excluding hydrogens is 234 g/mol. The number of nitrogens with one attached hydrogen (secondary N) is 1. The van der Waals surface area contributed by atoms with Crippen molar-refractivity contribution in [1.82, 2.24) is 5.32 Å². The summed E-state index contributed by atoms with van der Waals surface area (Å²) >= 11 is 0. The smallest absolute Gasteiger partial charge is 0.0462 e. The van der Waals surface area contributed by atoms with Crippen molar-refractivity contribution in [3.05, 3.63) is 35.4 Å². The van der Waals surface area contributed by atoms with Gasteiger partial charge in [-0.2, -0.15) is 0 Å². The topological polar surface area (TPSA) is 32.3 Å². The molecule has 2 nitrogen and oxygen atoms in total. The van der Waals surface area contributed by atoms with E-state index in [2.05, 4.69) is 43.4 Å². The first-order chi connectivity index (χ1) is 9.20. The van der Waals surface area contributed by atoms with Gasteiger partial charge in [0.1, 0.15) is 0 Å². The van der Waals surface area contributed by atoms with E-state index < -0.39 is 0 Å². The maximum Gasteiger partial charge on any atom is 0.0462 e. The first-order valence-corrected chi connectivity index (χ1v) is 7.61. The van der Waals surface area contributed by atoms with Crippen molar-refractivity contribution in [1.29, 1.82) is 0 Å². The molecule has 0 heterocycles. The van der Waals surface area contributed by atoms with Crippen molar-refractivity contribution < 1.29 is 5.11 Å². The number of hydrogen-bond acceptors (Lipinski definition) is 2. The monoisotopic (exact) mass is 261 g/mol. The first-order valence-electron chi connectivity index (χ1n) is 7.61. The molecule has 0 bridgehead atoms. The highest BCUT2D eigenvalue weighted by molar-refractivity contribution is 5.23. The normalized spacial score (nSPS) is 25.2. The molecule has 2 N–H and O–H groups in total. The van der Waals surface area contributed by atoms with Gasteiger partial charge in [-0.05, 0) is 50.6 Å². The minimum atomic E-state index is 0.352. The lowest BCUT2D eigenvalue weighted by Gasteiger charge is -2.31. The van der Waals surface area contributed by atoms with E-state index >= 15 is 0 Å². The highest BCUT2D eigenvalue weighted by atomic mass is 16.3. The molecule has 1 aromatic carbocycles. The van der Waals surface area contributed by atoms with Crippen LogP contribution in [0.1, 0.15) is 49.8 Å². The van der Waals surface area contributed by atoms with Crippen LogP contribution >= 0.6 is 0 Å². The number of aryl methyl sites for hydroxylation is 1. The Morgan fingerprint density at radius 3 is 2.42 bits per heavy atom. The summed E-state index contributed by atoms with van der Waals surface area (Å²) in [4.78, 5) is 0. The van der Waals surface area contributed by atoms with E-state index in [1.807, 2.05) is 0 Å². The second kappa shape index (κ2) is 7.06. The van der Waals surface area contributed by atoms with Crippen molar-refractivity contribution in [3.63, 3.8) is 0 Å². The molecule has 2 heteroatoms. The third-order valence-electron chi connectivity index (χ3n) is 4.56. The Morgan fingerprint density at radius 2 is 1.79 bits per heavy atom. The predicted octanol–water partition coefficient (Wildman–Crippen LogP) is 3.44. The van der Waals surface area contributed by atoms with Crippen LogP contribution in [0.3, 0.4) is 0 Å². The van der Waals surface area contributed by atoms with Crippen LogP contribution in [0, 0.1) is 18.8 Å². The van der Waals surface area contributed by atoms with E-state index in [0.29, 0.717) is 24.5 Å². The molecule has 1 fully saturated rings. The standard InChI is InChI=1S/C17H27NO/c1-13-7-9-15(10-8-13)14(2)18-11-16-5-3-4-6-17(16)12-19/h7-10,14,16-19H,3-6,11-12H2,1-2H3. The van der Waals surface area contributed by atoms with Gasteiger partial charge in [0.05, 0.1) is 0 Å². The molecule has 19 heavy (non-hydrogen) atoms. The lowest BCUT2D eigenvalue weighted by atomic mass is 9.79. The van der Waals surface area contributed by atoms with Gasteiger partial charge in [0.15, 0.2) is 0 Å². The van der Waals surface area contributed by atoms with Crippen LogP contribution in [-0.4, -0.2) is 18.3 Å². The number of aliphatic hydroxyl groups is 1. The molecule has 0 amide bonds. The Hall–Kier alpha value is -0.860. The fourth-order valence-corrected chi connectivity index (χ4v) is 3.09. The van der Waals surface area contributed by atoms with E-state index in [1.54, 1.807) is 0 Å². The Labute approximate surface area is 117 Å². The van der Waals surface area contributed by atoms with Crippen LogP contribution in [0.15, 0.2) is 24.3 Å².